The number of likely N-dealkylation sites (N-methyl/N-ethyl adjacent to an activating group) is 2. The molecule has 0 aliphatic rings. The molecule has 4 heteroatoms. The second-order valence-corrected chi connectivity index (χ2v) is 3.45. The molecule has 0 saturated carbocycles. The highest BCUT2D eigenvalue weighted by molar-refractivity contribution is 5.70. The van der Waals surface area contributed by atoms with Crippen molar-refractivity contribution in [1.29, 1.82) is 0 Å². The van der Waals surface area contributed by atoms with E-state index < -0.39 is 5.97 Å². The maximum atomic E-state index is 10.7. The van der Waals surface area contributed by atoms with Gasteiger partial charge in [-0.2, -0.15) is 0 Å². The third kappa shape index (κ3) is 4.24. The van der Waals surface area contributed by atoms with E-state index in [-0.39, 0.29) is 12.0 Å². The molecule has 2 N–H and O–H groups in total. The highest BCUT2D eigenvalue weighted by Crippen LogP contribution is 2.08. The standard InChI is InChI=1S/C9H20N2O2/c1-7(9(12)13)8(2)11(4)6-5-10-3/h7-8,10H,5-6H2,1-4H3,(H,12,13). The van der Waals surface area contributed by atoms with E-state index in [9.17, 15) is 4.79 Å². The van der Waals surface area contributed by atoms with Gasteiger partial charge >= 0.3 is 5.97 Å². The quantitative estimate of drug-likeness (QED) is 0.627. The minimum absolute atomic E-state index is 0.0749. The Labute approximate surface area is 79.9 Å². The summed E-state index contributed by atoms with van der Waals surface area (Å²) in [5.41, 5.74) is 0. The van der Waals surface area contributed by atoms with Gasteiger partial charge in [-0.25, -0.2) is 0 Å². The van der Waals surface area contributed by atoms with E-state index in [2.05, 4.69) is 10.2 Å². The number of carboxylic acid groups (broad SMARTS) is 1. The van der Waals surface area contributed by atoms with Gasteiger partial charge in [-0.15, -0.1) is 0 Å². The number of hydrogen-bond donors (Lipinski definition) is 2. The van der Waals surface area contributed by atoms with E-state index in [4.69, 9.17) is 5.11 Å². The molecule has 0 fully saturated rings. The maximum Gasteiger partial charge on any atom is 0.307 e. The van der Waals surface area contributed by atoms with Crippen molar-refractivity contribution in [2.24, 2.45) is 5.92 Å². The number of carboxylic acids is 1. The van der Waals surface area contributed by atoms with Gasteiger partial charge in [-0.1, -0.05) is 6.92 Å². The summed E-state index contributed by atoms with van der Waals surface area (Å²) in [7, 11) is 3.83. The van der Waals surface area contributed by atoms with Gasteiger partial charge in [-0.3, -0.25) is 4.79 Å². The van der Waals surface area contributed by atoms with E-state index in [1.165, 1.54) is 0 Å². The van der Waals surface area contributed by atoms with E-state index in [0.717, 1.165) is 13.1 Å². The molecule has 0 aromatic carbocycles. The van der Waals surface area contributed by atoms with Crippen molar-refractivity contribution in [3.8, 4) is 0 Å². The molecule has 0 aliphatic carbocycles. The van der Waals surface area contributed by atoms with Gasteiger partial charge in [-0.05, 0) is 21.0 Å². The molecule has 0 saturated heterocycles. The predicted molar refractivity (Wildman–Crippen MR) is 52.8 cm³/mol. The maximum absolute atomic E-state index is 10.7. The average Bonchev–Trinajstić information content (AvgIpc) is 2.11. The van der Waals surface area contributed by atoms with Crippen LogP contribution in [-0.2, 0) is 4.79 Å². The third-order valence-electron chi connectivity index (χ3n) is 2.52. The van der Waals surface area contributed by atoms with E-state index in [0.29, 0.717) is 0 Å². The number of rotatable bonds is 6. The van der Waals surface area contributed by atoms with Crippen molar-refractivity contribution < 1.29 is 9.90 Å². The lowest BCUT2D eigenvalue weighted by Crippen LogP contribution is -2.40. The Morgan fingerprint density at radius 1 is 1.54 bits per heavy atom. The lowest BCUT2D eigenvalue weighted by atomic mass is 10.0. The minimum atomic E-state index is -0.733. The summed E-state index contributed by atoms with van der Waals surface area (Å²) in [4.78, 5) is 12.7. The normalized spacial score (nSPS) is 15.8. The fourth-order valence-electron chi connectivity index (χ4n) is 1.08. The molecule has 0 rings (SSSR count). The summed E-state index contributed by atoms with van der Waals surface area (Å²) < 4.78 is 0. The molecule has 78 valence electrons. The Morgan fingerprint density at radius 3 is 2.46 bits per heavy atom. The lowest BCUT2D eigenvalue weighted by molar-refractivity contribution is -0.143. The summed E-state index contributed by atoms with van der Waals surface area (Å²) in [6, 6.07) is 0.0749. The molecule has 2 atom stereocenters. The van der Waals surface area contributed by atoms with Crippen LogP contribution in [0.5, 0.6) is 0 Å². The molecule has 0 amide bonds. The third-order valence-corrected chi connectivity index (χ3v) is 2.52. The predicted octanol–water partition coefficient (Wildman–Crippen LogP) is 0.247. The molecule has 0 bridgehead atoms. The van der Waals surface area contributed by atoms with Crippen LogP contribution in [0, 0.1) is 5.92 Å². The Hall–Kier alpha value is -0.610. The molecule has 2 unspecified atom stereocenters. The van der Waals surface area contributed by atoms with Gasteiger partial charge < -0.3 is 15.3 Å². The second-order valence-electron chi connectivity index (χ2n) is 3.45. The van der Waals surface area contributed by atoms with E-state index >= 15 is 0 Å². The zero-order valence-electron chi connectivity index (χ0n) is 8.87. The van der Waals surface area contributed by atoms with Gasteiger partial charge in [0.05, 0.1) is 5.92 Å². The van der Waals surface area contributed by atoms with Gasteiger partial charge in [0.2, 0.25) is 0 Å². The zero-order chi connectivity index (χ0) is 10.4. The van der Waals surface area contributed by atoms with Gasteiger partial charge in [0.25, 0.3) is 0 Å². The largest absolute Gasteiger partial charge is 0.481 e. The summed E-state index contributed by atoms with van der Waals surface area (Å²) in [5.74, 6) is -1.05. The first kappa shape index (κ1) is 12.4. The van der Waals surface area contributed by atoms with Crippen molar-refractivity contribution in [3.63, 3.8) is 0 Å². The molecule has 13 heavy (non-hydrogen) atoms. The van der Waals surface area contributed by atoms with Crippen molar-refractivity contribution in [2.45, 2.75) is 19.9 Å². The molecular weight excluding hydrogens is 168 g/mol. The molecule has 4 nitrogen and oxygen atoms in total. The topological polar surface area (TPSA) is 52.6 Å². The van der Waals surface area contributed by atoms with Crippen LogP contribution in [0.1, 0.15) is 13.8 Å². The van der Waals surface area contributed by atoms with Gasteiger partial charge in [0.1, 0.15) is 0 Å². The van der Waals surface area contributed by atoms with E-state index in [1.807, 2.05) is 21.0 Å². The molecule has 0 aromatic heterocycles. The van der Waals surface area contributed by atoms with E-state index in [1.54, 1.807) is 6.92 Å². The van der Waals surface area contributed by atoms with Crippen LogP contribution >= 0.6 is 0 Å². The first-order chi connectivity index (χ1) is 6.00. The van der Waals surface area contributed by atoms with Crippen LogP contribution in [0.15, 0.2) is 0 Å². The zero-order valence-corrected chi connectivity index (χ0v) is 8.87. The molecule has 0 aromatic rings. The summed E-state index contributed by atoms with van der Waals surface area (Å²) >= 11 is 0. The Bertz CT molecular complexity index is 162. The minimum Gasteiger partial charge on any atom is -0.481 e. The van der Waals surface area contributed by atoms with Gasteiger partial charge in [0.15, 0.2) is 0 Å². The van der Waals surface area contributed by atoms with Gasteiger partial charge in [0, 0.05) is 19.1 Å². The molecular formula is C9H20N2O2. The monoisotopic (exact) mass is 188 g/mol. The van der Waals surface area contributed by atoms with Crippen LogP contribution < -0.4 is 5.32 Å². The summed E-state index contributed by atoms with van der Waals surface area (Å²) in [6.45, 7) is 5.43. The summed E-state index contributed by atoms with van der Waals surface area (Å²) in [6.07, 6.45) is 0. The molecule has 0 aliphatic heterocycles. The number of carbonyl (C=O) groups is 1. The number of nitrogens with one attached hydrogen (secondary N) is 1. The highest BCUT2D eigenvalue weighted by atomic mass is 16.4. The van der Waals surface area contributed by atoms with Crippen molar-refractivity contribution in [2.75, 3.05) is 27.2 Å². The number of hydrogen-bond acceptors (Lipinski definition) is 3. The molecule has 0 radical (unpaired) electrons. The van der Waals surface area contributed by atoms with Crippen molar-refractivity contribution in [1.82, 2.24) is 10.2 Å². The van der Waals surface area contributed by atoms with Crippen LogP contribution in [-0.4, -0.2) is 49.2 Å². The summed E-state index contributed by atoms with van der Waals surface area (Å²) in [5, 5.41) is 11.8. The Kier molecular flexibility index (Phi) is 5.66. The van der Waals surface area contributed by atoms with Crippen LogP contribution in [0.3, 0.4) is 0 Å². The highest BCUT2D eigenvalue weighted by Gasteiger charge is 2.22. The first-order valence-corrected chi connectivity index (χ1v) is 4.58. The first-order valence-electron chi connectivity index (χ1n) is 4.58. The second kappa shape index (κ2) is 5.94. The average molecular weight is 188 g/mol. The van der Waals surface area contributed by atoms with Crippen LogP contribution in [0.25, 0.3) is 0 Å². The lowest BCUT2D eigenvalue weighted by Gasteiger charge is -2.27. The fraction of sp³-hybridized carbons (Fsp3) is 0.889. The van der Waals surface area contributed by atoms with Crippen LogP contribution in [0.2, 0.25) is 0 Å². The molecule has 0 spiro atoms. The fourth-order valence-corrected chi connectivity index (χ4v) is 1.08. The molecule has 0 heterocycles. The van der Waals surface area contributed by atoms with Crippen molar-refractivity contribution >= 4 is 5.97 Å². The smallest absolute Gasteiger partial charge is 0.307 e. The Balaban J connectivity index is 3.93. The van der Waals surface area contributed by atoms with Crippen LogP contribution in [0.4, 0.5) is 0 Å². The number of aliphatic carboxylic acids is 1. The SMILES string of the molecule is CNCCN(C)C(C)C(C)C(=O)O. The Morgan fingerprint density at radius 2 is 2.08 bits per heavy atom. The van der Waals surface area contributed by atoms with Crippen molar-refractivity contribution in [3.05, 3.63) is 0 Å². The number of nitrogens with zero attached hydrogens (tertiary/aromatic N) is 1.